The first-order chi connectivity index (χ1) is 13.4. The first-order valence-electron chi connectivity index (χ1n) is 9.63. The Morgan fingerprint density at radius 1 is 1.32 bits per heavy atom. The maximum Gasteiger partial charge on any atom is 0.261 e. The summed E-state index contributed by atoms with van der Waals surface area (Å²) in [5.74, 6) is 0.591. The lowest BCUT2D eigenvalue weighted by atomic mass is 9.72. The van der Waals surface area contributed by atoms with Crippen LogP contribution in [-0.2, 0) is 0 Å². The SMILES string of the molecule is CC1(C)[C@H](NC(=O)c2cc3ccc(Cl)c(-c4nccs4)c3s2)C2CCN1CC2. The fourth-order valence-corrected chi connectivity index (χ4v) is 7.06. The molecule has 5 heterocycles. The highest BCUT2D eigenvalue weighted by molar-refractivity contribution is 7.22. The number of carbonyl (C=O) groups excluding carboxylic acids is 1. The van der Waals surface area contributed by atoms with Gasteiger partial charge < -0.3 is 5.32 Å². The Hall–Kier alpha value is -1.47. The molecule has 3 aliphatic rings. The Morgan fingerprint density at radius 3 is 2.79 bits per heavy atom. The Balaban J connectivity index is 1.48. The van der Waals surface area contributed by atoms with E-state index in [9.17, 15) is 4.79 Å². The molecule has 1 atom stereocenters. The number of hydrogen-bond acceptors (Lipinski definition) is 5. The number of piperidine rings is 3. The van der Waals surface area contributed by atoms with Crippen LogP contribution < -0.4 is 5.32 Å². The molecule has 7 heteroatoms. The highest BCUT2D eigenvalue weighted by Crippen LogP contribution is 2.42. The van der Waals surface area contributed by atoms with Crippen LogP contribution >= 0.6 is 34.3 Å². The zero-order chi connectivity index (χ0) is 19.5. The molecular weight excluding hydrogens is 410 g/mol. The lowest BCUT2D eigenvalue weighted by Crippen LogP contribution is -2.69. The number of aromatic nitrogens is 1. The van der Waals surface area contributed by atoms with Gasteiger partial charge >= 0.3 is 0 Å². The molecule has 2 aromatic heterocycles. The molecule has 0 unspecified atom stereocenters. The average molecular weight is 432 g/mol. The van der Waals surface area contributed by atoms with Gasteiger partial charge in [0.2, 0.25) is 0 Å². The van der Waals surface area contributed by atoms with Crippen molar-refractivity contribution in [2.45, 2.75) is 38.3 Å². The molecule has 4 nitrogen and oxygen atoms in total. The van der Waals surface area contributed by atoms with Gasteiger partial charge in [0.05, 0.1) is 9.90 Å². The van der Waals surface area contributed by atoms with E-state index in [-0.39, 0.29) is 17.5 Å². The number of thiophene rings is 1. The summed E-state index contributed by atoms with van der Waals surface area (Å²) in [6.45, 7) is 6.80. The number of amides is 1. The monoisotopic (exact) mass is 431 g/mol. The predicted molar refractivity (Wildman–Crippen MR) is 118 cm³/mol. The van der Waals surface area contributed by atoms with Crippen LogP contribution in [-0.4, -0.2) is 40.5 Å². The molecule has 0 radical (unpaired) electrons. The van der Waals surface area contributed by atoms with E-state index in [0.717, 1.165) is 38.6 Å². The number of nitrogens with zero attached hydrogens (tertiary/aromatic N) is 2. The van der Waals surface area contributed by atoms with Crippen LogP contribution in [0.15, 0.2) is 29.8 Å². The number of halogens is 1. The topological polar surface area (TPSA) is 45.2 Å². The smallest absolute Gasteiger partial charge is 0.261 e. The summed E-state index contributed by atoms with van der Waals surface area (Å²) in [5, 5.41) is 7.92. The molecule has 1 N–H and O–H groups in total. The van der Waals surface area contributed by atoms with Crippen LogP contribution in [0.1, 0.15) is 36.4 Å². The van der Waals surface area contributed by atoms with Gasteiger partial charge in [0.15, 0.2) is 0 Å². The van der Waals surface area contributed by atoms with Crippen LogP contribution in [0.3, 0.4) is 0 Å². The Kier molecular flexibility index (Phi) is 4.51. The van der Waals surface area contributed by atoms with E-state index >= 15 is 0 Å². The summed E-state index contributed by atoms with van der Waals surface area (Å²) in [7, 11) is 0. The largest absolute Gasteiger partial charge is 0.346 e. The molecule has 0 aliphatic carbocycles. The van der Waals surface area contributed by atoms with Crippen molar-refractivity contribution < 1.29 is 4.79 Å². The molecule has 3 aliphatic heterocycles. The number of hydrogen-bond donors (Lipinski definition) is 1. The summed E-state index contributed by atoms with van der Waals surface area (Å²) in [4.78, 5) is 20.8. The van der Waals surface area contributed by atoms with Gasteiger partial charge in [-0.2, -0.15) is 0 Å². The molecule has 28 heavy (non-hydrogen) atoms. The number of thiazole rings is 1. The molecule has 0 saturated carbocycles. The van der Waals surface area contributed by atoms with Crippen LogP contribution in [0.5, 0.6) is 0 Å². The molecule has 146 valence electrons. The molecule has 6 rings (SSSR count). The Morgan fingerprint density at radius 2 is 2.11 bits per heavy atom. The fraction of sp³-hybridized carbons (Fsp3) is 0.429. The minimum absolute atomic E-state index is 0.00284. The van der Waals surface area contributed by atoms with E-state index in [1.54, 1.807) is 17.5 Å². The molecule has 3 fully saturated rings. The zero-order valence-corrected chi connectivity index (χ0v) is 18.3. The highest BCUT2D eigenvalue weighted by Gasteiger charge is 2.48. The van der Waals surface area contributed by atoms with Crippen LogP contribution in [0.4, 0.5) is 0 Å². The van der Waals surface area contributed by atoms with Gasteiger partial charge in [-0.05, 0) is 63.2 Å². The van der Waals surface area contributed by atoms with Crippen LogP contribution in [0.25, 0.3) is 20.7 Å². The summed E-state index contributed by atoms with van der Waals surface area (Å²) in [6, 6.07) is 6.05. The van der Waals surface area contributed by atoms with Crippen molar-refractivity contribution in [3.05, 3.63) is 39.7 Å². The van der Waals surface area contributed by atoms with Crippen molar-refractivity contribution in [1.82, 2.24) is 15.2 Å². The van der Waals surface area contributed by atoms with Crippen LogP contribution in [0, 0.1) is 5.92 Å². The summed E-state index contributed by atoms with van der Waals surface area (Å²) >= 11 is 9.56. The normalized spacial score (nSPS) is 25.9. The third-order valence-electron chi connectivity index (χ3n) is 6.38. The second kappa shape index (κ2) is 6.80. The third kappa shape index (κ3) is 2.89. The van der Waals surface area contributed by atoms with Crippen molar-refractivity contribution >= 4 is 50.3 Å². The van der Waals surface area contributed by atoms with Gasteiger partial charge in [-0.25, -0.2) is 4.98 Å². The lowest BCUT2D eigenvalue weighted by Gasteiger charge is -2.56. The summed E-state index contributed by atoms with van der Waals surface area (Å²) < 4.78 is 1.03. The lowest BCUT2D eigenvalue weighted by molar-refractivity contribution is -0.0377. The van der Waals surface area contributed by atoms with E-state index in [0.29, 0.717) is 10.9 Å². The molecule has 2 bridgehead atoms. The molecule has 3 saturated heterocycles. The molecule has 0 spiro atoms. The van der Waals surface area contributed by atoms with Gasteiger partial charge in [-0.1, -0.05) is 17.7 Å². The number of rotatable bonds is 3. The van der Waals surface area contributed by atoms with Crippen LogP contribution in [0.2, 0.25) is 5.02 Å². The third-order valence-corrected chi connectivity index (χ3v) is 8.65. The molecule has 1 amide bonds. The van der Waals surface area contributed by atoms with E-state index in [1.165, 1.54) is 24.2 Å². The second-order valence-electron chi connectivity index (χ2n) is 8.22. The second-order valence-corrected chi connectivity index (χ2v) is 10.6. The van der Waals surface area contributed by atoms with Gasteiger partial charge in [0.1, 0.15) is 5.01 Å². The standard InChI is InChI=1S/C21H22ClN3OS2/c1-21(2)18(12-5-8-25(21)9-6-12)24-19(26)15-11-13-3-4-14(22)16(17(13)28-15)20-23-7-10-27-20/h3-4,7,10-12,18H,5-6,8-9H2,1-2H3,(H,24,26)/t18-/m1/s1. The van der Waals surface area contributed by atoms with Crippen molar-refractivity contribution in [3.8, 4) is 10.6 Å². The summed E-state index contributed by atoms with van der Waals surface area (Å²) in [5.41, 5.74) is 0.935. The number of fused-ring (bicyclic) bond motifs is 4. The van der Waals surface area contributed by atoms with Gasteiger partial charge in [-0.15, -0.1) is 22.7 Å². The molecule has 1 aromatic carbocycles. The average Bonchev–Trinajstić information content (AvgIpc) is 3.34. The Bertz CT molecular complexity index is 1040. The maximum absolute atomic E-state index is 13.2. The minimum atomic E-state index is 0.00284. The minimum Gasteiger partial charge on any atom is -0.346 e. The maximum atomic E-state index is 13.2. The van der Waals surface area contributed by atoms with E-state index in [2.05, 4.69) is 29.0 Å². The quantitative estimate of drug-likeness (QED) is 0.613. The number of carbonyl (C=O) groups is 1. The van der Waals surface area contributed by atoms with E-state index < -0.39 is 0 Å². The van der Waals surface area contributed by atoms with Gasteiger partial charge in [0, 0.05) is 33.4 Å². The predicted octanol–water partition coefficient (Wildman–Crippen LogP) is 5.28. The highest BCUT2D eigenvalue weighted by atomic mass is 35.5. The van der Waals surface area contributed by atoms with Crippen molar-refractivity contribution in [1.29, 1.82) is 0 Å². The van der Waals surface area contributed by atoms with Crippen molar-refractivity contribution in [3.63, 3.8) is 0 Å². The van der Waals surface area contributed by atoms with Gasteiger partial charge in [-0.3, -0.25) is 9.69 Å². The van der Waals surface area contributed by atoms with E-state index in [1.807, 2.05) is 23.6 Å². The molecular formula is C21H22ClN3OS2. The van der Waals surface area contributed by atoms with Gasteiger partial charge in [0.25, 0.3) is 5.91 Å². The number of nitrogens with one attached hydrogen (secondary N) is 1. The Labute approximate surface area is 177 Å². The summed E-state index contributed by atoms with van der Waals surface area (Å²) in [6.07, 6.45) is 4.13. The number of benzene rings is 1. The zero-order valence-electron chi connectivity index (χ0n) is 15.9. The van der Waals surface area contributed by atoms with Crippen molar-refractivity contribution in [2.24, 2.45) is 5.92 Å². The molecule has 3 aromatic rings. The first kappa shape index (κ1) is 18.6. The van der Waals surface area contributed by atoms with E-state index in [4.69, 9.17) is 11.6 Å². The first-order valence-corrected chi connectivity index (χ1v) is 11.7. The van der Waals surface area contributed by atoms with Crippen molar-refractivity contribution in [2.75, 3.05) is 13.1 Å². The fourth-order valence-electron chi connectivity index (χ4n) is 4.83.